The lowest BCUT2D eigenvalue weighted by Gasteiger charge is -2.46. The highest BCUT2D eigenvalue weighted by Gasteiger charge is 2.51. The lowest BCUT2D eigenvalue weighted by atomic mass is 9.59. The summed E-state index contributed by atoms with van der Waals surface area (Å²) in [7, 11) is 0. The summed E-state index contributed by atoms with van der Waals surface area (Å²) in [6.07, 6.45) is 5.16. The van der Waals surface area contributed by atoms with Gasteiger partial charge in [0.1, 0.15) is 0 Å². The fraction of sp³-hybridized carbons (Fsp3) is 0.632. The number of aliphatic hydroxyl groups excluding tert-OH is 1. The molecule has 1 saturated carbocycles. The molecule has 0 aromatic rings. The van der Waals surface area contributed by atoms with Crippen molar-refractivity contribution in [3.63, 3.8) is 0 Å². The van der Waals surface area contributed by atoms with Gasteiger partial charge in [-0.2, -0.15) is 0 Å². The van der Waals surface area contributed by atoms with E-state index in [0.717, 1.165) is 36.0 Å². The van der Waals surface area contributed by atoms with Crippen molar-refractivity contribution in [3.8, 4) is 11.8 Å². The molecule has 0 heterocycles. The Morgan fingerprint density at radius 1 is 1.41 bits per heavy atom. The maximum atomic E-state index is 12.5. The Morgan fingerprint density at radius 3 is 2.55 bits per heavy atom. The summed E-state index contributed by atoms with van der Waals surface area (Å²) in [4.78, 5) is 12.5. The van der Waals surface area contributed by atoms with Crippen LogP contribution in [0.5, 0.6) is 0 Å². The van der Waals surface area contributed by atoms with Crippen molar-refractivity contribution in [2.75, 3.05) is 6.61 Å². The average molecular weight is 302 g/mol. The van der Waals surface area contributed by atoms with Crippen LogP contribution in [0.3, 0.4) is 0 Å². The molecule has 0 aromatic carbocycles. The van der Waals surface area contributed by atoms with Crippen LogP contribution in [0.4, 0.5) is 0 Å². The van der Waals surface area contributed by atoms with Crippen LogP contribution in [-0.4, -0.2) is 28.2 Å². The molecule has 0 spiro atoms. The minimum absolute atomic E-state index is 0.0665. The van der Waals surface area contributed by atoms with E-state index in [1.807, 2.05) is 20.8 Å². The molecule has 0 bridgehead atoms. The molecule has 0 saturated heterocycles. The van der Waals surface area contributed by atoms with Gasteiger partial charge < -0.3 is 10.2 Å². The first-order chi connectivity index (χ1) is 10.2. The van der Waals surface area contributed by atoms with Crippen LogP contribution >= 0.6 is 0 Å². The van der Waals surface area contributed by atoms with Gasteiger partial charge in [-0.3, -0.25) is 4.79 Å². The van der Waals surface area contributed by atoms with Crippen LogP contribution in [0, 0.1) is 23.2 Å². The number of aliphatic hydroxyl groups is 2. The van der Waals surface area contributed by atoms with Crippen molar-refractivity contribution < 1.29 is 15.0 Å². The highest BCUT2D eigenvalue weighted by Crippen LogP contribution is 2.49. The van der Waals surface area contributed by atoms with Crippen molar-refractivity contribution in [2.24, 2.45) is 11.3 Å². The summed E-state index contributed by atoms with van der Waals surface area (Å²) >= 11 is 0. The second-order valence-corrected chi connectivity index (χ2v) is 7.18. The number of ketones is 1. The molecule has 1 unspecified atom stereocenters. The average Bonchev–Trinajstić information content (AvgIpc) is 2.37. The molecule has 2 aliphatic rings. The lowest BCUT2D eigenvalue weighted by Crippen LogP contribution is -2.51. The Labute approximate surface area is 133 Å². The van der Waals surface area contributed by atoms with Crippen LogP contribution in [-0.2, 0) is 4.79 Å². The molecule has 0 aromatic heterocycles. The van der Waals surface area contributed by atoms with Crippen molar-refractivity contribution in [2.45, 2.75) is 59.0 Å². The van der Waals surface area contributed by atoms with Gasteiger partial charge in [0.25, 0.3) is 0 Å². The highest BCUT2D eigenvalue weighted by molar-refractivity contribution is 5.99. The standard InChI is InChI=1S/C19H26O3/c1-13(9-11-20)8-10-19(22)14(2)17(15-6-5-7-15)16(21)12-18(19,3)4/h9,15,20,22H,5-7,11-12H2,1-4H3. The van der Waals surface area contributed by atoms with Crippen LogP contribution in [0.1, 0.15) is 53.4 Å². The Bertz CT molecular complexity index is 594. The Hall–Kier alpha value is -1.37. The molecule has 0 radical (unpaired) electrons. The molecular weight excluding hydrogens is 276 g/mol. The molecule has 1 fully saturated rings. The number of carbonyl (C=O) groups is 1. The zero-order chi connectivity index (χ0) is 16.5. The normalized spacial score (nSPS) is 29.0. The van der Waals surface area contributed by atoms with Crippen molar-refractivity contribution in [3.05, 3.63) is 22.8 Å². The third-order valence-electron chi connectivity index (χ3n) is 5.18. The van der Waals surface area contributed by atoms with Gasteiger partial charge >= 0.3 is 0 Å². The fourth-order valence-corrected chi connectivity index (χ4v) is 3.41. The van der Waals surface area contributed by atoms with E-state index in [2.05, 4.69) is 11.8 Å². The Morgan fingerprint density at radius 2 is 2.05 bits per heavy atom. The zero-order valence-corrected chi connectivity index (χ0v) is 14.0. The first-order valence-electron chi connectivity index (χ1n) is 8.00. The van der Waals surface area contributed by atoms with E-state index >= 15 is 0 Å². The summed E-state index contributed by atoms with van der Waals surface area (Å²) < 4.78 is 0. The van der Waals surface area contributed by atoms with Crippen molar-refractivity contribution in [1.82, 2.24) is 0 Å². The molecule has 0 aliphatic heterocycles. The molecule has 3 heteroatoms. The van der Waals surface area contributed by atoms with Gasteiger partial charge in [-0.05, 0) is 49.8 Å². The van der Waals surface area contributed by atoms with Gasteiger partial charge in [0.15, 0.2) is 11.4 Å². The lowest BCUT2D eigenvalue weighted by molar-refractivity contribution is -0.123. The van der Waals surface area contributed by atoms with E-state index in [4.69, 9.17) is 5.11 Å². The molecule has 3 nitrogen and oxygen atoms in total. The first-order valence-corrected chi connectivity index (χ1v) is 8.00. The van der Waals surface area contributed by atoms with Crippen LogP contribution < -0.4 is 0 Å². The maximum absolute atomic E-state index is 12.5. The second kappa shape index (κ2) is 6.02. The summed E-state index contributed by atoms with van der Waals surface area (Å²) in [6, 6.07) is 0. The smallest absolute Gasteiger partial charge is 0.159 e. The summed E-state index contributed by atoms with van der Waals surface area (Å²) in [5.41, 5.74) is 0.347. The third-order valence-corrected chi connectivity index (χ3v) is 5.18. The van der Waals surface area contributed by atoms with Crippen LogP contribution in [0.25, 0.3) is 0 Å². The van der Waals surface area contributed by atoms with Gasteiger partial charge in [0.05, 0.1) is 6.61 Å². The number of allylic oxidation sites excluding steroid dienone is 2. The predicted molar refractivity (Wildman–Crippen MR) is 87.0 cm³/mol. The van der Waals surface area contributed by atoms with Gasteiger partial charge in [-0.15, -0.1) is 0 Å². The van der Waals surface area contributed by atoms with Gasteiger partial charge in [-0.25, -0.2) is 0 Å². The monoisotopic (exact) mass is 302 g/mol. The minimum atomic E-state index is -1.30. The highest BCUT2D eigenvalue weighted by atomic mass is 16.3. The number of carbonyl (C=O) groups excluding carboxylic acids is 1. The molecule has 1 atom stereocenters. The minimum Gasteiger partial charge on any atom is -0.392 e. The Balaban J connectivity index is 2.51. The Kier molecular flexibility index (Phi) is 4.65. The van der Waals surface area contributed by atoms with Crippen LogP contribution in [0.15, 0.2) is 22.8 Å². The molecule has 120 valence electrons. The molecule has 0 amide bonds. The van der Waals surface area contributed by atoms with E-state index in [0.29, 0.717) is 12.3 Å². The number of hydrogen-bond donors (Lipinski definition) is 2. The SMILES string of the molecule is CC(C#CC1(O)C(C)=C(C2CCC2)C(=O)CC1(C)C)=CCO. The first kappa shape index (κ1) is 17.0. The summed E-state index contributed by atoms with van der Waals surface area (Å²) in [5, 5.41) is 20.2. The molecule has 2 aliphatic carbocycles. The van der Waals surface area contributed by atoms with Crippen LogP contribution in [0.2, 0.25) is 0 Å². The molecule has 22 heavy (non-hydrogen) atoms. The fourth-order valence-electron chi connectivity index (χ4n) is 3.41. The van der Waals surface area contributed by atoms with Crippen molar-refractivity contribution >= 4 is 5.78 Å². The number of rotatable bonds is 2. The summed E-state index contributed by atoms with van der Waals surface area (Å²) in [6.45, 7) is 7.38. The number of Topliss-reactive ketones (excluding diaryl/α,β-unsaturated/α-hetero) is 1. The largest absolute Gasteiger partial charge is 0.392 e. The molecule has 2 rings (SSSR count). The van der Waals surface area contributed by atoms with E-state index in [9.17, 15) is 9.90 Å². The second-order valence-electron chi connectivity index (χ2n) is 7.18. The van der Waals surface area contributed by atoms with Crippen molar-refractivity contribution in [1.29, 1.82) is 0 Å². The van der Waals surface area contributed by atoms with E-state index in [1.165, 1.54) is 0 Å². The zero-order valence-electron chi connectivity index (χ0n) is 14.0. The topological polar surface area (TPSA) is 57.5 Å². The third kappa shape index (κ3) is 2.78. The molecule has 2 N–H and O–H groups in total. The van der Waals surface area contributed by atoms with Gasteiger partial charge in [0, 0.05) is 17.4 Å². The molecular formula is C19H26O3. The predicted octanol–water partition coefficient (Wildman–Crippen LogP) is 2.78. The van der Waals surface area contributed by atoms with Gasteiger partial charge in [0.2, 0.25) is 0 Å². The number of hydrogen-bond acceptors (Lipinski definition) is 3. The van der Waals surface area contributed by atoms with E-state index in [1.54, 1.807) is 13.0 Å². The summed E-state index contributed by atoms with van der Waals surface area (Å²) in [5.74, 6) is 6.40. The van der Waals surface area contributed by atoms with E-state index < -0.39 is 11.0 Å². The van der Waals surface area contributed by atoms with E-state index in [-0.39, 0.29) is 12.4 Å². The van der Waals surface area contributed by atoms with Gasteiger partial charge in [-0.1, -0.05) is 32.1 Å². The quantitative estimate of drug-likeness (QED) is 0.771. The maximum Gasteiger partial charge on any atom is 0.159 e.